The summed E-state index contributed by atoms with van der Waals surface area (Å²) in [6.07, 6.45) is 0. The lowest BCUT2D eigenvalue weighted by Gasteiger charge is -2.25. The van der Waals surface area contributed by atoms with Crippen LogP contribution >= 0.6 is 0 Å². The number of nitro groups is 1. The van der Waals surface area contributed by atoms with E-state index in [0.717, 1.165) is 5.56 Å². The number of aliphatic hydroxyl groups is 1. The van der Waals surface area contributed by atoms with Crippen molar-refractivity contribution >= 4 is 23.1 Å². The van der Waals surface area contributed by atoms with Gasteiger partial charge < -0.3 is 19.5 Å². The Morgan fingerprint density at radius 1 is 1.16 bits per heavy atom. The highest BCUT2D eigenvalue weighted by atomic mass is 16.6. The minimum atomic E-state index is -0.904. The molecule has 0 unspecified atom stereocenters. The number of aliphatic hydroxyl groups excluding tert-OH is 1. The predicted molar refractivity (Wildman–Crippen MR) is 112 cm³/mol. The van der Waals surface area contributed by atoms with Gasteiger partial charge in [-0.05, 0) is 48.4 Å². The van der Waals surface area contributed by atoms with Crippen molar-refractivity contribution in [3.05, 3.63) is 74.8 Å². The van der Waals surface area contributed by atoms with Crippen molar-refractivity contribution < 1.29 is 29.1 Å². The van der Waals surface area contributed by atoms with Gasteiger partial charge in [0.05, 0.1) is 30.3 Å². The molecular weight excluding hydrogens is 404 g/mol. The van der Waals surface area contributed by atoms with Crippen LogP contribution in [0.15, 0.2) is 48.0 Å². The van der Waals surface area contributed by atoms with Crippen LogP contribution in [-0.4, -0.2) is 54.0 Å². The smallest absolute Gasteiger partial charge is 0.295 e. The van der Waals surface area contributed by atoms with Crippen molar-refractivity contribution in [2.45, 2.75) is 13.0 Å². The number of hydrogen-bond acceptors (Lipinski definition) is 7. The standard InChI is InChI=1S/C22H22N2O7/c1-13-12-15(6-9-17(13)31-3)20(25)18-19(14-4-7-16(8-5-14)24(28)29)23(10-11-30-2)22(27)21(18)26/h4-9,12,19,25H,10-11H2,1-3H3/b20-18+/t19-/m1/s1. The lowest BCUT2D eigenvalue weighted by molar-refractivity contribution is -0.384. The SMILES string of the molecule is COCCN1C(=O)C(=O)/C(=C(/O)c2ccc(OC)c(C)c2)[C@H]1c1ccc([N+](=O)[O-])cc1. The maximum absolute atomic E-state index is 12.9. The number of carbonyl (C=O) groups excluding carboxylic acids is 2. The molecule has 0 aliphatic carbocycles. The molecule has 0 radical (unpaired) electrons. The maximum atomic E-state index is 12.9. The number of amides is 1. The molecule has 1 heterocycles. The van der Waals surface area contributed by atoms with Gasteiger partial charge in [-0.15, -0.1) is 0 Å². The molecule has 0 saturated carbocycles. The molecule has 2 aromatic rings. The van der Waals surface area contributed by atoms with Crippen LogP contribution in [0, 0.1) is 17.0 Å². The molecule has 31 heavy (non-hydrogen) atoms. The van der Waals surface area contributed by atoms with Crippen LogP contribution in [0.1, 0.15) is 22.7 Å². The first-order valence-electron chi connectivity index (χ1n) is 9.46. The Kier molecular flexibility index (Phi) is 6.36. The van der Waals surface area contributed by atoms with E-state index < -0.39 is 22.7 Å². The van der Waals surface area contributed by atoms with Crippen LogP contribution in [0.5, 0.6) is 5.75 Å². The van der Waals surface area contributed by atoms with Gasteiger partial charge in [0, 0.05) is 31.4 Å². The Labute approximate surface area is 178 Å². The number of carbonyl (C=O) groups is 2. The molecule has 9 nitrogen and oxygen atoms in total. The molecule has 1 atom stereocenters. The molecular formula is C22H22N2O7. The number of rotatable bonds is 7. The van der Waals surface area contributed by atoms with Crippen LogP contribution in [0.25, 0.3) is 5.76 Å². The van der Waals surface area contributed by atoms with Gasteiger partial charge in [-0.3, -0.25) is 19.7 Å². The first kappa shape index (κ1) is 22.0. The first-order valence-corrected chi connectivity index (χ1v) is 9.46. The number of nitro benzene ring substituents is 1. The monoisotopic (exact) mass is 426 g/mol. The Morgan fingerprint density at radius 3 is 2.39 bits per heavy atom. The molecule has 0 bridgehead atoms. The van der Waals surface area contributed by atoms with Crippen LogP contribution in [0.3, 0.4) is 0 Å². The molecule has 162 valence electrons. The lowest BCUT2D eigenvalue weighted by atomic mass is 9.94. The summed E-state index contributed by atoms with van der Waals surface area (Å²) in [5.41, 5.74) is 1.36. The summed E-state index contributed by atoms with van der Waals surface area (Å²) in [5, 5.41) is 22.0. The first-order chi connectivity index (χ1) is 14.8. The number of non-ortho nitro benzene ring substituents is 1. The van der Waals surface area contributed by atoms with E-state index >= 15 is 0 Å². The van der Waals surface area contributed by atoms with Gasteiger partial charge in [0.1, 0.15) is 11.5 Å². The minimum Gasteiger partial charge on any atom is -0.507 e. The average Bonchev–Trinajstić information content (AvgIpc) is 3.01. The van der Waals surface area contributed by atoms with E-state index in [0.29, 0.717) is 16.9 Å². The van der Waals surface area contributed by atoms with E-state index in [1.54, 1.807) is 25.1 Å². The Balaban J connectivity index is 2.15. The van der Waals surface area contributed by atoms with Gasteiger partial charge in [0.15, 0.2) is 0 Å². The Bertz CT molecular complexity index is 1060. The zero-order valence-electron chi connectivity index (χ0n) is 17.3. The number of Topliss-reactive ketones (excluding diaryl/α,β-unsaturated/α-hetero) is 1. The number of ketones is 1. The predicted octanol–water partition coefficient (Wildman–Crippen LogP) is 2.98. The maximum Gasteiger partial charge on any atom is 0.295 e. The number of aryl methyl sites for hydroxylation is 1. The third-order valence-corrected chi connectivity index (χ3v) is 5.16. The van der Waals surface area contributed by atoms with E-state index in [1.165, 1.54) is 43.4 Å². The Hall–Kier alpha value is -3.72. The number of benzene rings is 2. The number of nitrogens with zero attached hydrogens (tertiary/aromatic N) is 2. The van der Waals surface area contributed by atoms with E-state index in [2.05, 4.69) is 0 Å². The summed E-state index contributed by atoms with van der Waals surface area (Å²) in [5.74, 6) is -1.31. The Morgan fingerprint density at radius 2 is 1.84 bits per heavy atom. The summed E-state index contributed by atoms with van der Waals surface area (Å²) < 4.78 is 10.3. The fourth-order valence-electron chi connectivity index (χ4n) is 3.61. The van der Waals surface area contributed by atoms with E-state index in [1.807, 2.05) is 0 Å². The van der Waals surface area contributed by atoms with Crippen LogP contribution in [-0.2, 0) is 14.3 Å². The molecule has 1 aliphatic heterocycles. The number of ether oxygens (including phenoxy) is 2. The topological polar surface area (TPSA) is 119 Å². The molecule has 3 rings (SSSR count). The zero-order valence-corrected chi connectivity index (χ0v) is 17.3. The van der Waals surface area contributed by atoms with Crippen molar-refractivity contribution in [2.75, 3.05) is 27.4 Å². The fourth-order valence-corrected chi connectivity index (χ4v) is 3.61. The van der Waals surface area contributed by atoms with Gasteiger partial charge in [-0.2, -0.15) is 0 Å². The minimum absolute atomic E-state index is 0.0838. The normalized spacial score (nSPS) is 17.8. The summed E-state index contributed by atoms with van der Waals surface area (Å²) >= 11 is 0. The van der Waals surface area contributed by atoms with E-state index in [4.69, 9.17) is 9.47 Å². The molecule has 1 amide bonds. The second-order valence-electron chi connectivity index (χ2n) is 7.02. The highest BCUT2D eigenvalue weighted by Crippen LogP contribution is 2.40. The van der Waals surface area contributed by atoms with Gasteiger partial charge in [-0.1, -0.05) is 0 Å². The van der Waals surface area contributed by atoms with Crippen LogP contribution in [0.4, 0.5) is 5.69 Å². The largest absolute Gasteiger partial charge is 0.507 e. The fraction of sp³-hybridized carbons (Fsp3) is 0.273. The third kappa shape index (κ3) is 4.13. The zero-order chi connectivity index (χ0) is 22.7. The number of likely N-dealkylation sites (tertiary alicyclic amines) is 1. The second-order valence-corrected chi connectivity index (χ2v) is 7.02. The summed E-state index contributed by atoms with van der Waals surface area (Å²) in [4.78, 5) is 37.4. The average molecular weight is 426 g/mol. The van der Waals surface area contributed by atoms with Gasteiger partial charge in [0.2, 0.25) is 0 Å². The van der Waals surface area contributed by atoms with E-state index in [9.17, 15) is 24.8 Å². The molecule has 1 saturated heterocycles. The van der Waals surface area contributed by atoms with Crippen molar-refractivity contribution in [1.29, 1.82) is 0 Å². The molecule has 1 N–H and O–H groups in total. The molecule has 9 heteroatoms. The van der Waals surface area contributed by atoms with Crippen LogP contribution < -0.4 is 4.74 Å². The van der Waals surface area contributed by atoms with Crippen LogP contribution in [0.2, 0.25) is 0 Å². The molecule has 0 spiro atoms. The quantitative estimate of drug-likeness (QED) is 0.238. The van der Waals surface area contributed by atoms with Gasteiger partial charge in [0.25, 0.3) is 17.4 Å². The molecule has 2 aromatic carbocycles. The number of hydrogen-bond donors (Lipinski definition) is 1. The highest BCUT2D eigenvalue weighted by Gasteiger charge is 2.46. The lowest BCUT2D eigenvalue weighted by Crippen LogP contribution is -2.32. The molecule has 1 aliphatic rings. The third-order valence-electron chi connectivity index (χ3n) is 5.16. The van der Waals surface area contributed by atoms with Gasteiger partial charge in [-0.25, -0.2) is 0 Å². The molecule has 1 fully saturated rings. The summed E-state index contributed by atoms with van der Waals surface area (Å²) in [7, 11) is 3.00. The van der Waals surface area contributed by atoms with Crippen molar-refractivity contribution in [3.8, 4) is 5.75 Å². The summed E-state index contributed by atoms with van der Waals surface area (Å²) in [6.45, 7) is 2.08. The van der Waals surface area contributed by atoms with Crippen molar-refractivity contribution in [2.24, 2.45) is 0 Å². The highest BCUT2D eigenvalue weighted by molar-refractivity contribution is 6.46. The number of methoxy groups -OCH3 is 2. The van der Waals surface area contributed by atoms with Gasteiger partial charge >= 0.3 is 0 Å². The summed E-state index contributed by atoms with van der Waals surface area (Å²) in [6, 6.07) is 9.54. The van der Waals surface area contributed by atoms with Crippen molar-refractivity contribution in [1.82, 2.24) is 4.90 Å². The second kappa shape index (κ2) is 8.97. The van der Waals surface area contributed by atoms with E-state index in [-0.39, 0.29) is 30.2 Å². The van der Waals surface area contributed by atoms with Crippen molar-refractivity contribution in [3.63, 3.8) is 0 Å². The molecule has 0 aromatic heterocycles.